The van der Waals surface area contributed by atoms with Crippen LogP contribution in [0.15, 0.2) is 24.3 Å². The van der Waals surface area contributed by atoms with Crippen LogP contribution >= 0.6 is 0 Å². The van der Waals surface area contributed by atoms with Crippen LogP contribution in [0.5, 0.6) is 0 Å². The van der Waals surface area contributed by atoms with Crippen molar-refractivity contribution in [3.05, 3.63) is 29.8 Å². The number of anilines is 1. The Morgan fingerprint density at radius 2 is 1.86 bits per heavy atom. The molecule has 0 saturated heterocycles. The Labute approximate surface area is 119 Å². The van der Waals surface area contributed by atoms with Gasteiger partial charge in [-0.2, -0.15) is 13.2 Å². The van der Waals surface area contributed by atoms with Crippen LogP contribution in [0, 0.1) is 0 Å². The fourth-order valence-corrected chi connectivity index (χ4v) is 1.53. The van der Waals surface area contributed by atoms with Crippen LogP contribution in [-0.2, 0) is 20.5 Å². The van der Waals surface area contributed by atoms with E-state index >= 15 is 0 Å². The zero-order chi connectivity index (χ0) is 15.9. The van der Waals surface area contributed by atoms with E-state index in [-0.39, 0.29) is 18.8 Å². The second-order valence-electron chi connectivity index (χ2n) is 4.11. The predicted octanol–water partition coefficient (Wildman–Crippen LogP) is 1.80. The van der Waals surface area contributed by atoms with Crippen LogP contribution in [0.4, 0.5) is 18.9 Å². The van der Waals surface area contributed by atoms with E-state index in [0.717, 1.165) is 12.1 Å². The van der Waals surface area contributed by atoms with Gasteiger partial charge in [-0.1, -0.05) is 12.1 Å². The van der Waals surface area contributed by atoms with Crippen molar-refractivity contribution in [2.24, 2.45) is 0 Å². The van der Waals surface area contributed by atoms with Crippen LogP contribution in [0.1, 0.15) is 12.0 Å². The molecular formula is C13H15F3N2O3. The van der Waals surface area contributed by atoms with Crippen molar-refractivity contribution >= 4 is 17.5 Å². The van der Waals surface area contributed by atoms with Crippen LogP contribution in [0.25, 0.3) is 0 Å². The number of amides is 2. The van der Waals surface area contributed by atoms with E-state index < -0.39 is 30.0 Å². The standard InChI is InChI=1S/C13H15F3N2O3/c1-21-7-6-17-11(19)8-12(20)18-10-5-3-2-4-9(10)13(14,15)16/h2-5H,6-8H2,1H3,(H,17,19)(H,18,20). The van der Waals surface area contributed by atoms with Gasteiger partial charge in [0.05, 0.1) is 17.9 Å². The van der Waals surface area contributed by atoms with Crippen molar-refractivity contribution in [3.63, 3.8) is 0 Å². The smallest absolute Gasteiger partial charge is 0.383 e. The topological polar surface area (TPSA) is 67.4 Å². The molecule has 5 nitrogen and oxygen atoms in total. The van der Waals surface area contributed by atoms with Crippen LogP contribution < -0.4 is 10.6 Å². The highest BCUT2D eigenvalue weighted by Crippen LogP contribution is 2.34. The molecule has 1 aromatic rings. The summed E-state index contributed by atoms with van der Waals surface area (Å²) in [4.78, 5) is 22.9. The Bertz CT molecular complexity index is 504. The largest absolute Gasteiger partial charge is 0.418 e. The van der Waals surface area contributed by atoms with Crippen molar-refractivity contribution in [1.82, 2.24) is 5.32 Å². The van der Waals surface area contributed by atoms with Gasteiger partial charge in [0.1, 0.15) is 6.42 Å². The first-order valence-electron chi connectivity index (χ1n) is 6.06. The summed E-state index contributed by atoms with van der Waals surface area (Å²) in [6.45, 7) is 0.506. The van der Waals surface area contributed by atoms with E-state index in [0.29, 0.717) is 0 Å². The van der Waals surface area contributed by atoms with E-state index in [1.807, 2.05) is 0 Å². The third kappa shape index (κ3) is 5.82. The Morgan fingerprint density at radius 3 is 2.48 bits per heavy atom. The SMILES string of the molecule is COCCNC(=O)CC(=O)Nc1ccccc1C(F)(F)F. The maximum Gasteiger partial charge on any atom is 0.418 e. The van der Waals surface area contributed by atoms with Gasteiger partial charge >= 0.3 is 6.18 Å². The zero-order valence-electron chi connectivity index (χ0n) is 11.3. The molecule has 0 aliphatic rings. The van der Waals surface area contributed by atoms with Crippen molar-refractivity contribution in [2.75, 3.05) is 25.6 Å². The molecule has 0 spiro atoms. The number of ether oxygens (including phenoxy) is 1. The number of hydrogen-bond donors (Lipinski definition) is 2. The minimum atomic E-state index is -4.58. The number of benzene rings is 1. The summed E-state index contributed by atoms with van der Waals surface area (Å²) in [5.41, 5.74) is -1.34. The number of alkyl halides is 3. The van der Waals surface area contributed by atoms with E-state index in [2.05, 4.69) is 10.6 Å². The molecule has 0 fully saturated rings. The summed E-state index contributed by atoms with van der Waals surface area (Å²) < 4.78 is 42.9. The van der Waals surface area contributed by atoms with Crippen molar-refractivity contribution in [3.8, 4) is 0 Å². The molecule has 0 radical (unpaired) electrons. The highest BCUT2D eigenvalue weighted by Gasteiger charge is 2.33. The molecule has 0 saturated carbocycles. The summed E-state index contributed by atoms with van der Waals surface area (Å²) in [5.74, 6) is -1.41. The molecule has 0 aliphatic carbocycles. The molecule has 1 rings (SSSR count). The lowest BCUT2D eigenvalue weighted by molar-refractivity contribution is -0.137. The lowest BCUT2D eigenvalue weighted by atomic mass is 10.1. The second-order valence-corrected chi connectivity index (χ2v) is 4.11. The summed E-state index contributed by atoms with van der Waals surface area (Å²) in [6, 6.07) is 4.57. The van der Waals surface area contributed by atoms with Crippen molar-refractivity contribution in [1.29, 1.82) is 0 Å². The van der Waals surface area contributed by atoms with Crippen molar-refractivity contribution < 1.29 is 27.5 Å². The highest BCUT2D eigenvalue weighted by atomic mass is 19.4. The van der Waals surface area contributed by atoms with Gasteiger partial charge in [-0.15, -0.1) is 0 Å². The zero-order valence-corrected chi connectivity index (χ0v) is 11.3. The molecule has 1 aromatic carbocycles. The Kier molecular flexibility index (Phi) is 6.16. The number of nitrogens with one attached hydrogen (secondary N) is 2. The number of methoxy groups -OCH3 is 1. The molecule has 116 valence electrons. The average Bonchev–Trinajstić information content (AvgIpc) is 2.38. The first-order valence-corrected chi connectivity index (χ1v) is 6.06. The number of hydrogen-bond acceptors (Lipinski definition) is 3. The number of halogens is 3. The lowest BCUT2D eigenvalue weighted by Gasteiger charge is -2.13. The summed E-state index contributed by atoms with van der Waals surface area (Å²) >= 11 is 0. The third-order valence-electron chi connectivity index (χ3n) is 2.46. The third-order valence-corrected chi connectivity index (χ3v) is 2.46. The minimum absolute atomic E-state index is 0.224. The van der Waals surface area contributed by atoms with Gasteiger partial charge in [0, 0.05) is 13.7 Å². The average molecular weight is 304 g/mol. The normalized spacial score (nSPS) is 11.0. The van der Waals surface area contributed by atoms with Gasteiger partial charge < -0.3 is 15.4 Å². The highest BCUT2D eigenvalue weighted by molar-refractivity contribution is 6.03. The molecule has 8 heteroatoms. The first-order chi connectivity index (χ1) is 9.84. The fraction of sp³-hybridized carbons (Fsp3) is 0.385. The quantitative estimate of drug-likeness (QED) is 0.622. The molecule has 0 atom stereocenters. The summed E-state index contributed by atoms with van der Waals surface area (Å²) in [6.07, 6.45) is -5.14. The summed E-state index contributed by atoms with van der Waals surface area (Å²) in [5, 5.41) is 4.49. The number of para-hydroxylation sites is 1. The maximum atomic E-state index is 12.7. The van der Waals surface area contributed by atoms with Gasteiger partial charge in [-0.05, 0) is 12.1 Å². The van der Waals surface area contributed by atoms with Crippen LogP contribution in [0.2, 0.25) is 0 Å². The van der Waals surface area contributed by atoms with E-state index in [4.69, 9.17) is 4.74 Å². The van der Waals surface area contributed by atoms with Gasteiger partial charge in [0.2, 0.25) is 11.8 Å². The molecule has 0 aliphatic heterocycles. The lowest BCUT2D eigenvalue weighted by Crippen LogP contribution is -2.30. The Morgan fingerprint density at radius 1 is 1.19 bits per heavy atom. The Balaban J connectivity index is 2.61. The van der Waals surface area contributed by atoms with Gasteiger partial charge in [0.15, 0.2) is 0 Å². The van der Waals surface area contributed by atoms with E-state index in [9.17, 15) is 22.8 Å². The number of carbonyl (C=O) groups excluding carboxylic acids is 2. The fourth-order valence-electron chi connectivity index (χ4n) is 1.53. The molecule has 2 amide bonds. The minimum Gasteiger partial charge on any atom is -0.383 e. The molecule has 0 unspecified atom stereocenters. The van der Waals surface area contributed by atoms with Gasteiger partial charge in [0.25, 0.3) is 0 Å². The molecule has 0 bridgehead atoms. The molecule has 21 heavy (non-hydrogen) atoms. The van der Waals surface area contributed by atoms with E-state index in [1.165, 1.54) is 19.2 Å². The second kappa shape index (κ2) is 7.63. The molecular weight excluding hydrogens is 289 g/mol. The summed E-state index contributed by atoms with van der Waals surface area (Å²) in [7, 11) is 1.45. The molecule has 0 heterocycles. The molecule has 0 aromatic heterocycles. The molecule has 2 N–H and O–H groups in total. The monoisotopic (exact) mass is 304 g/mol. The van der Waals surface area contributed by atoms with E-state index in [1.54, 1.807) is 0 Å². The van der Waals surface area contributed by atoms with Crippen LogP contribution in [0.3, 0.4) is 0 Å². The Hall–Kier alpha value is -2.09. The number of carbonyl (C=O) groups is 2. The first kappa shape index (κ1) is 17.0. The maximum absolute atomic E-state index is 12.7. The number of rotatable bonds is 6. The van der Waals surface area contributed by atoms with Gasteiger partial charge in [-0.25, -0.2) is 0 Å². The van der Waals surface area contributed by atoms with Gasteiger partial charge in [-0.3, -0.25) is 9.59 Å². The van der Waals surface area contributed by atoms with Crippen molar-refractivity contribution in [2.45, 2.75) is 12.6 Å². The van der Waals surface area contributed by atoms with Crippen LogP contribution in [-0.4, -0.2) is 32.1 Å². The predicted molar refractivity (Wildman–Crippen MR) is 69.6 cm³/mol.